The zero-order valence-electron chi connectivity index (χ0n) is 6.14. The van der Waals surface area contributed by atoms with Gasteiger partial charge >= 0.3 is 0 Å². The van der Waals surface area contributed by atoms with Crippen LogP contribution in [0.3, 0.4) is 0 Å². The summed E-state index contributed by atoms with van der Waals surface area (Å²) in [6.45, 7) is 5.39. The van der Waals surface area contributed by atoms with Crippen LogP contribution in [0.15, 0.2) is 24.3 Å². The van der Waals surface area contributed by atoms with Gasteiger partial charge < -0.3 is 16.8 Å². The third-order valence-electron chi connectivity index (χ3n) is 1.15. The lowest BCUT2D eigenvalue weighted by Gasteiger charge is -1.97. The van der Waals surface area contributed by atoms with Crippen molar-refractivity contribution in [2.75, 3.05) is 19.8 Å². The quantitative estimate of drug-likeness (QED) is 0.276. The summed E-state index contributed by atoms with van der Waals surface area (Å²) in [6, 6.07) is 0. The normalized spacial score (nSPS) is 11.6. The van der Waals surface area contributed by atoms with E-state index in [1.165, 1.54) is 0 Å². The summed E-state index contributed by atoms with van der Waals surface area (Å²) in [7, 11) is 0. The minimum Gasteiger partial charge on any atom is -0.327 e. The summed E-state index contributed by atoms with van der Waals surface area (Å²) in [5.41, 5.74) is 11.6. The molecule has 0 aliphatic heterocycles. The van der Waals surface area contributed by atoms with Crippen LogP contribution in [0.4, 0.5) is 0 Å². The molecule has 0 saturated heterocycles. The van der Waals surface area contributed by atoms with Gasteiger partial charge in [-0.1, -0.05) is 18.7 Å². The molecule has 58 valence electrons. The monoisotopic (exact) mass is 141 g/mol. The Bertz CT molecular complexity index is 118. The molecule has 0 atom stereocenters. The van der Waals surface area contributed by atoms with Crippen LogP contribution < -0.4 is 16.8 Å². The van der Waals surface area contributed by atoms with Gasteiger partial charge in [-0.15, -0.1) is 0 Å². The molecule has 0 spiro atoms. The first kappa shape index (κ1) is 9.36. The van der Waals surface area contributed by atoms with Crippen molar-refractivity contribution in [3.8, 4) is 0 Å². The van der Waals surface area contributed by atoms with Crippen LogP contribution in [-0.2, 0) is 0 Å². The molecule has 0 amide bonds. The molecule has 0 radical (unpaired) electrons. The molecule has 0 bridgehead atoms. The second kappa shape index (κ2) is 6.48. The molecule has 0 heterocycles. The lowest BCUT2D eigenvalue weighted by atomic mass is 10.2. The Morgan fingerprint density at radius 2 is 2.20 bits per heavy atom. The molecule has 0 unspecified atom stereocenters. The minimum atomic E-state index is 0.492. The molecule has 0 aromatic rings. The number of rotatable bonds is 5. The van der Waals surface area contributed by atoms with Gasteiger partial charge in [0.1, 0.15) is 0 Å². The number of nitrogens with two attached hydrogens (primary N) is 2. The van der Waals surface area contributed by atoms with E-state index in [1.54, 1.807) is 6.08 Å². The summed E-state index contributed by atoms with van der Waals surface area (Å²) in [5.74, 6) is 0. The molecule has 0 aromatic carbocycles. The van der Waals surface area contributed by atoms with Crippen LogP contribution in [-0.4, -0.2) is 19.8 Å². The second-order valence-corrected chi connectivity index (χ2v) is 1.85. The van der Waals surface area contributed by atoms with Gasteiger partial charge in [-0.3, -0.25) is 0 Å². The van der Waals surface area contributed by atoms with E-state index in [9.17, 15) is 0 Å². The number of nitrogens with one attached hydrogen (secondary N) is 1. The average Bonchev–Trinajstić information content (AvgIpc) is 1.99. The van der Waals surface area contributed by atoms with Crippen molar-refractivity contribution in [2.45, 2.75) is 0 Å². The highest BCUT2D eigenvalue weighted by molar-refractivity contribution is 5.17. The maximum atomic E-state index is 5.37. The highest BCUT2D eigenvalue weighted by Crippen LogP contribution is 1.89. The molecule has 10 heavy (non-hydrogen) atoms. The third kappa shape index (κ3) is 4.26. The maximum Gasteiger partial charge on any atom is 0.0431 e. The van der Waals surface area contributed by atoms with E-state index in [1.807, 2.05) is 6.08 Å². The molecule has 3 heteroatoms. The van der Waals surface area contributed by atoms with Crippen molar-refractivity contribution < 1.29 is 0 Å². The van der Waals surface area contributed by atoms with E-state index in [4.69, 9.17) is 11.5 Å². The maximum absolute atomic E-state index is 5.37. The lowest BCUT2D eigenvalue weighted by molar-refractivity contribution is 0.773. The Morgan fingerprint density at radius 1 is 1.50 bits per heavy atom. The fraction of sp³-hybridized carbons (Fsp3) is 0.429. The average molecular weight is 141 g/mol. The fourth-order valence-electron chi connectivity index (χ4n) is 0.537. The Morgan fingerprint density at radius 3 is 2.60 bits per heavy atom. The van der Waals surface area contributed by atoms with Gasteiger partial charge in [0, 0.05) is 19.8 Å². The van der Waals surface area contributed by atoms with Crippen molar-refractivity contribution in [1.29, 1.82) is 0 Å². The lowest BCUT2D eigenvalue weighted by Crippen LogP contribution is -2.22. The van der Waals surface area contributed by atoms with Gasteiger partial charge in [-0.05, 0) is 5.57 Å². The van der Waals surface area contributed by atoms with Crippen LogP contribution in [0.1, 0.15) is 0 Å². The van der Waals surface area contributed by atoms with Crippen molar-refractivity contribution >= 4 is 0 Å². The second-order valence-electron chi connectivity index (χ2n) is 1.85. The fourth-order valence-corrected chi connectivity index (χ4v) is 0.537. The number of hydrogen-bond donors (Lipinski definition) is 3. The van der Waals surface area contributed by atoms with E-state index in [-0.39, 0.29) is 0 Å². The Labute approximate surface area is 61.8 Å². The molecular weight excluding hydrogens is 126 g/mol. The molecule has 5 N–H and O–H groups in total. The first-order valence-electron chi connectivity index (χ1n) is 3.27. The Kier molecular flexibility index (Phi) is 6.06. The molecule has 0 fully saturated rings. The van der Waals surface area contributed by atoms with Crippen LogP contribution in [0.2, 0.25) is 0 Å². The molecular formula is C7H15N3. The predicted octanol–water partition coefficient (Wildman–Crippen LogP) is -0.437. The van der Waals surface area contributed by atoms with E-state index in [0.29, 0.717) is 13.2 Å². The van der Waals surface area contributed by atoms with E-state index < -0.39 is 0 Å². The zero-order chi connectivity index (χ0) is 7.82. The van der Waals surface area contributed by atoms with Gasteiger partial charge in [-0.25, -0.2) is 0 Å². The van der Waals surface area contributed by atoms with Crippen molar-refractivity contribution in [1.82, 2.24) is 5.32 Å². The van der Waals surface area contributed by atoms with Crippen LogP contribution in [0.5, 0.6) is 0 Å². The molecule has 0 rings (SSSR count). The van der Waals surface area contributed by atoms with Crippen molar-refractivity contribution in [3.63, 3.8) is 0 Å². The highest BCUT2D eigenvalue weighted by atomic mass is 14.9. The van der Waals surface area contributed by atoms with E-state index in [2.05, 4.69) is 11.9 Å². The first-order chi connectivity index (χ1) is 4.85. The Balaban J connectivity index is 3.53. The highest BCUT2D eigenvalue weighted by Gasteiger charge is 1.83. The van der Waals surface area contributed by atoms with Crippen LogP contribution in [0.25, 0.3) is 0 Å². The van der Waals surface area contributed by atoms with Gasteiger partial charge in [-0.2, -0.15) is 0 Å². The summed E-state index contributed by atoms with van der Waals surface area (Å²) < 4.78 is 0. The van der Waals surface area contributed by atoms with E-state index in [0.717, 1.165) is 12.1 Å². The largest absolute Gasteiger partial charge is 0.327 e. The van der Waals surface area contributed by atoms with Crippen LogP contribution >= 0.6 is 0 Å². The molecule has 0 aliphatic rings. The van der Waals surface area contributed by atoms with Gasteiger partial charge in [0.2, 0.25) is 0 Å². The topological polar surface area (TPSA) is 64.1 Å². The van der Waals surface area contributed by atoms with Crippen LogP contribution in [0, 0.1) is 0 Å². The van der Waals surface area contributed by atoms with Crippen molar-refractivity contribution in [3.05, 3.63) is 24.3 Å². The summed E-state index contributed by atoms with van der Waals surface area (Å²) in [5, 5.41) is 2.95. The molecule has 3 nitrogen and oxygen atoms in total. The smallest absolute Gasteiger partial charge is 0.0431 e. The van der Waals surface area contributed by atoms with Gasteiger partial charge in [0.25, 0.3) is 0 Å². The summed E-state index contributed by atoms with van der Waals surface area (Å²) in [4.78, 5) is 0. The van der Waals surface area contributed by atoms with Gasteiger partial charge in [0.05, 0.1) is 0 Å². The standard InChI is InChI=1S/C7H15N3/c1-2-7(5-8)3-4-10-6-9/h2-3,10H,1,4-6,8-9H2/b7-3+. The first-order valence-corrected chi connectivity index (χ1v) is 3.27. The minimum absolute atomic E-state index is 0.492. The molecule has 0 aromatic heterocycles. The SMILES string of the molecule is C=C/C(=C\CNCN)CN. The Hall–Kier alpha value is -0.640. The predicted molar refractivity (Wildman–Crippen MR) is 44.4 cm³/mol. The third-order valence-corrected chi connectivity index (χ3v) is 1.15. The zero-order valence-corrected chi connectivity index (χ0v) is 6.14. The molecule has 0 saturated carbocycles. The summed E-state index contributed by atoms with van der Waals surface area (Å²) >= 11 is 0. The van der Waals surface area contributed by atoms with E-state index >= 15 is 0 Å². The summed E-state index contributed by atoms with van der Waals surface area (Å²) in [6.07, 6.45) is 3.72. The number of hydrogen-bond acceptors (Lipinski definition) is 3. The molecule has 0 aliphatic carbocycles. The van der Waals surface area contributed by atoms with Crippen molar-refractivity contribution in [2.24, 2.45) is 11.5 Å². The van der Waals surface area contributed by atoms with Gasteiger partial charge in [0.15, 0.2) is 0 Å².